The topological polar surface area (TPSA) is 57.6 Å². The molecule has 0 bridgehead atoms. The fourth-order valence-corrected chi connectivity index (χ4v) is 2.92. The molecule has 0 aromatic carbocycles. The molecule has 102 valence electrons. The molecule has 0 radical (unpaired) electrons. The summed E-state index contributed by atoms with van der Waals surface area (Å²) in [4.78, 5) is 2.00. The average molecular weight is 263 g/mol. The van der Waals surface area contributed by atoms with Crippen LogP contribution in [0.25, 0.3) is 0 Å². The Balaban J connectivity index is 2.42. The quantitative estimate of drug-likeness (QED) is 0.819. The van der Waals surface area contributed by atoms with Crippen molar-refractivity contribution < 1.29 is 13.5 Å². The van der Waals surface area contributed by atoms with E-state index in [-0.39, 0.29) is 11.7 Å². The molecule has 0 aromatic rings. The van der Waals surface area contributed by atoms with Gasteiger partial charge in [-0.05, 0) is 26.7 Å². The molecule has 0 aromatic heterocycles. The summed E-state index contributed by atoms with van der Waals surface area (Å²) in [6.07, 6.45) is 0. The van der Waals surface area contributed by atoms with E-state index >= 15 is 0 Å². The molecule has 1 aliphatic rings. The predicted octanol–water partition coefficient (Wildman–Crippen LogP) is 0.902. The molecule has 0 spiro atoms. The third-order valence-corrected chi connectivity index (χ3v) is 6.26. The summed E-state index contributed by atoms with van der Waals surface area (Å²) in [5.74, 6) is 0.392. The molecular weight excluding hydrogens is 238 g/mol. The van der Waals surface area contributed by atoms with E-state index in [1.807, 2.05) is 18.7 Å². The Morgan fingerprint density at radius 3 is 2.12 bits per heavy atom. The summed E-state index contributed by atoms with van der Waals surface area (Å²) in [7, 11) is -3.05. The summed E-state index contributed by atoms with van der Waals surface area (Å²) >= 11 is 0. The highest BCUT2D eigenvalue weighted by atomic mass is 32.2. The van der Waals surface area contributed by atoms with Gasteiger partial charge in [-0.3, -0.25) is 4.90 Å². The third kappa shape index (κ3) is 3.20. The van der Waals surface area contributed by atoms with Gasteiger partial charge in [0, 0.05) is 19.6 Å². The summed E-state index contributed by atoms with van der Waals surface area (Å²) in [6, 6.07) is 0. The van der Waals surface area contributed by atoms with Gasteiger partial charge in [0.2, 0.25) is 0 Å². The van der Waals surface area contributed by atoms with Crippen molar-refractivity contribution in [1.29, 1.82) is 0 Å². The van der Waals surface area contributed by atoms with Crippen molar-refractivity contribution in [3.63, 3.8) is 0 Å². The standard InChI is InChI=1S/C12H25NO3S/c1-10(2)12(14)8-13(9-12)6-7-17(15,16)11(3,4)5/h10,14H,6-9H2,1-5H3. The molecule has 5 heteroatoms. The molecule has 0 unspecified atom stereocenters. The lowest BCUT2D eigenvalue weighted by atomic mass is 9.83. The molecule has 4 nitrogen and oxygen atoms in total. The molecule has 1 heterocycles. The van der Waals surface area contributed by atoms with Gasteiger partial charge in [-0.15, -0.1) is 0 Å². The smallest absolute Gasteiger partial charge is 0.156 e. The van der Waals surface area contributed by atoms with Crippen molar-refractivity contribution in [1.82, 2.24) is 4.90 Å². The first kappa shape index (κ1) is 14.9. The lowest BCUT2D eigenvalue weighted by Crippen LogP contribution is -2.65. The number of hydrogen-bond donors (Lipinski definition) is 1. The molecule has 1 saturated heterocycles. The number of nitrogens with zero attached hydrogens (tertiary/aromatic N) is 1. The van der Waals surface area contributed by atoms with Gasteiger partial charge in [-0.25, -0.2) is 8.42 Å². The summed E-state index contributed by atoms with van der Waals surface area (Å²) in [5.41, 5.74) is -0.620. The minimum absolute atomic E-state index is 0.171. The van der Waals surface area contributed by atoms with Crippen LogP contribution in [0.1, 0.15) is 34.6 Å². The first-order chi connectivity index (χ1) is 7.48. The molecule has 17 heavy (non-hydrogen) atoms. The van der Waals surface area contributed by atoms with Crippen LogP contribution in [0, 0.1) is 5.92 Å². The Morgan fingerprint density at radius 1 is 1.29 bits per heavy atom. The summed E-state index contributed by atoms with van der Waals surface area (Å²) in [6.45, 7) is 10.9. The number of sulfone groups is 1. The molecule has 1 fully saturated rings. The van der Waals surface area contributed by atoms with Crippen LogP contribution in [0.4, 0.5) is 0 Å². The van der Waals surface area contributed by atoms with Gasteiger partial charge in [-0.2, -0.15) is 0 Å². The van der Waals surface area contributed by atoms with Crippen LogP contribution in [0.5, 0.6) is 0 Å². The lowest BCUT2D eigenvalue weighted by molar-refractivity contribution is -0.125. The van der Waals surface area contributed by atoms with Gasteiger partial charge in [0.25, 0.3) is 0 Å². The van der Waals surface area contributed by atoms with Crippen molar-refractivity contribution in [2.24, 2.45) is 5.92 Å². The summed E-state index contributed by atoms with van der Waals surface area (Å²) < 4.78 is 23.1. The van der Waals surface area contributed by atoms with Crippen LogP contribution < -0.4 is 0 Å². The van der Waals surface area contributed by atoms with E-state index in [2.05, 4.69) is 0 Å². The zero-order valence-corrected chi connectivity index (χ0v) is 12.3. The van der Waals surface area contributed by atoms with E-state index in [0.29, 0.717) is 19.6 Å². The van der Waals surface area contributed by atoms with Crippen molar-refractivity contribution in [3.8, 4) is 0 Å². The van der Waals surface area contributed by atoms with Crippen molar-refractivity contribution in [2.75, 3.05) is 25.4 Å². The molecule has 1 aliphatic heterocycles. The van der Waals surface area contributed by atoms with Crippen molar-refractivity contribution in [2.45, 2.75) is 45.0 Å². The van der Waals surface area contributed by atoms with Crippen LogP contribution in [0.3, 0.4) is 0 Å². The maximum Gasteiger partial charge on any atom is 0.156 e. The van der Waals surface area contributed by atoms with E-state index < -0.39 is 20.2 Å². The Morgan fingerprint density at radius 2 is 1.76 bits per heavy atom. The van der Waals surface area contributed by atoms with E-state index in [4.69, 9.17) is 0 Å². The molecule has 1 rings (SSSR count). The van der Waals surface area contributed by atoms with Crippen LogP contribution in [-0.2, 0) is 9.84 Å². The number of β-amino-alcohol motifs (C(OH)–C–C–N with tert-alkyl or cyclic N) is 1. The average Bonchev–Trinajstić information content (AvgIpc) is 2.08. The zero-order chi connectivity index (χ0) is 13.5. The minimum atomic E-state index is -3.05. The number of hydrogen-bond acceptors (Lipinski definition) is 4. The van der Waals surface area contributed by atoms with Crippen molar-refractivity contribution in [3.05, 3.63) is 0 Å². The monoisotopic (exact) mass is 263 g/mol. The van der Waals surface area contributed by atoms with E-state index in [9.17, 15) is 13.5 Å². The Bertz CT molecular complexity index is 362. The van der Waals surface area contributed by atoms with Gasteiger partial charge in [0.05, 0.1) is 16.1 Å². The third-order valence-electron chi connectivity index (χ3n) is 3.68. The second-order valence-corrected chi connectivity index (χ2v) is 9.26. The maximum absolute atomic E-state index is 11.9. The maximum atomic E-state index is 11.9. The minimum Gasteiger partial charge on any atom is -0.387 e. The highest BCUT2D eigenvalue weighted by Gasteiger charge is 2.43. The lowest BCUT2D eigenvalue weighted by Gasteiger charge is -2.49. The molecule has 0 amide bonds. The Hall–Kier alpha value is -0.130. The molecule has 0 aliphatic carbocycles. The number of rotatable bonds is 4. The van der Waals surface area contributed by atoms with Crippen LogP contribution in [-0.4, -0.2) is 54.2 Å². The Kier molecular flexibility index (Phi) is 3.97. The first-order valence-corrected chi connectivity index (χ1v) is 7.80. The number of aliphatic hydroxyl groups is 1. The van der Waals surface area contributed by atoms with Crippen molar-refractivity contribution >= 4 is 9.84 Å². The molecule has 0 atom stereocenters. The second kappa shape index (κ2) is 4.52. The SMILES string of the molecule is CC(C)C1(O)CN(CCS(=O)(=O)C(C)(C)C)C1. The highest BCUT2D eigenvalue weighted by Crippen LogP contribution is 2.28. The largest absolute Gasteiger partial charge is 0.387 e. The zero-order valence-electron chi connectivity index (χ0n) is 11.5. The van der Waals surface area contributed by atoms with Crippen LogP contribution >= 0.6 is 0 Å². The normalized spacial score (nSPS) is 21.6. The van der Waals surface area contributed by atoms with E-state index in [1.54, 1.807) is 20.8 Å². The summed E-state index contributed by atoms with van der Waals surface area (Å²) in [5, 5.41) is 10.1. The van der Waals surface area contributed by atoms with Gasteiger partial charge in [-0.1, -0.05) is 13.8 Å². The predicted molar refractivity (Wildman–Crippen MR) is 69.8 cm³/mol. The van der Waals surface area contributed by atoms with Gasteiger partial charge >= 0.3 is 0 Å². The molecular formula is C12H25NO3S. The van der Waals surface area contributed by atoms with E-state index in [1.165, 1.54) is 0 Å². The fourth-order valence-electron chi connectivity index (χ4n) is 1.81. The highest BCUT2D eigenvalue weighted by molar-refractivity contribution is 7.92. The van der Waals surface area contributed by atoms with Gasteiger partial charge in [0.1, 0.15) is 0 Å². The van der Waals surface area contributed by atoms with Crippen LogP contribution in [0.15, 0.2) is 0 Å². The number of likely N-dealkylation sites (tertiary alicyclic amines) is 1. The van der Waals surface area contributed by atoms with Crippen LogP contribution in [0.2, 0.25) is 0 Å². The Labute approximate surface area is 105 Å². The molecule has 1 N–H and O–H groups in total. The van der Waals surface area contributed by atoms with E-state index in [0.717, 1.165) is 0 Å². The fraction of sp³-hybridized carbons (Fsp3) is 1.00. The first-order valence-electron chi connectivity index (χ1n) is 6.15. The van der Waals surface area contributed by atoms with Gasteiger partial charge in [0.15, 0.2) is 9.84 Å². The second-order valence-electron chi connectivity index (χ2n) is 6.40. The van der Waals surface area contributed by atoms with Gasteiger partial charge < -0.3 is 5.11 Å². The molecule has 0 saturated carbocycles.